The summed E-state index contributed by atoms with van der Waals surface area (Å²) in [5.41, 5.74) is 0. The van der Waals surface area contributed by atoms with Crippen molar-refractivity contribution in [1.82, 2.24) is 0 Å². The Labute approximate surface area is 153 Å². The maximum absolute atomic E-state index is 10.5. The van der Waals surface area contributed by atoms with E-state index in [2.05, 4.69) is 0 Å². The molecule has 5 nitrogen and oxygen atoms in total. The minimum atomic E-state index is -0.286. The van der Waals surface area contributed by atoms with Gasteiger partial charge in [0.25, 0.3) is 0 Å². The quantitative estimate of drug-likeness (QED) is 0.221. The summed E-state index contributed by atoms with van der Waals surface area (Å²) in [6.45, 7) is 3.88. The summed E-state index contributed by atoms with van der Waals surface area (Å²) in [7, 11) is 0. The van der Waals surface area contributed by atoms with Gasteiger partial charge in [-0.15, -0.1) is 0 Å². The van der Waals surface area contributed by atoms with Crippen molar-refractivity contribution in [3.63, 3.8) is 0 Å². The molecule has 1 aliphatic rings. The van der Waals surface area contributed by atoms with Crippen molar-refractivity contribution in [2.24, 2.45) is 0 Å². The van der Waals surface area contributed by atoms with Crippen molar-refractivity contribution in [1.29, 1.82) is 0 Å². The zero-order valence-corrected chi connectivity index (χ0v) is 16.1. The SMILES string of the molecule is CC(=O)OCOCCCCCCCCCCCCOC1CCCCO1. The van der Waals surface area contributed by atoms with Crippen LogP contribution in [-0.4, -0.2) is 38.9 Å². The number of ether oxygens (including phenoxy) is 4. The van der Waals surface area contributed by atoms with E-state index in [4.69, 9.17) is 18.9 Å². The summed E-state index contributed by atoms with van der Waals surface area (Å²) in [4.78, 5) is 10.5. The van der Waals surface area contributed by atoms with Crippen LogP contribution in [0.4, 0.5) is 0 Å². The highest BCUT2D eigenvalue weighted by atomic mass is 16.7. The average molecular weight is 359 g/mol. The summed E-state index contributed by atoms with van der Waals surface area (Å²) < 4.78 is 21.2. The molecule has 1 aliphatic heterocycles. The molecule has 0 aliphatic carbocycles. The largest absolute Gasteiger partial charge is 0.439 e. The molecule has 5 heteroatoms. The van der Waals surface area contributed by atoms with Gasteiger partial charge in [-0.25, -0.2) is 0 Å². The van der Waals surface area contributed by atoms with E-state index in [1.54, 1.807) is 0 Å². The molecule has 1 saturated heterocycles. The molecule has 1 unspecified atom stereocenters. The van der Waals surface area contributed by atoms with Gasteiger partial charge in [-0.1, -0.05) is 51.4 Å². The Hall–Kier alpha value is -0.650. The van der Waals surface area contributed by atoms with E-state index in [-0.39, 0.29) is 19.1 Å². The zero-order chi connectivity index (χ0) is 18.0. The van der Waals surface area contributed by atoms with E-state index in [0.29, 0.717) is 6.61 Å². The molecule has 0 bridgehead atoms. The Bertz CT molecular complexity index is 302. The highest BCUT2D eigenvalue weighted by molar-refractivity contribution is 5.65. The molecule has 0 aromatic heterocycles. The average Bonchev–Trinajstić information content (AvgIpc) is 2.62. The van der Waals surface area contributed by atoms with Crippen LogP contribution in [0.2, 0.25) is 0 Å². The maximum Gasteiger partial charge on any atom is 0.304 e. The second-order valence-corrected chi connectivity index (χ2v) is 6.86. The predicted octanol–water partition coefficient (Wildman–Crippen LogP) is 4.97. The molecule has 0 radical (unpaired) electrons. The molecule has 25 heavy (non-hydrogen) atoms. The van der Waals surface area contributed by atoms with E-state index in [1.807, 2.05) is 0 Å². The number of unbranched alkanes of at least 4 members (excludes halogenated alkanes) is 9. The van der Waals surface area contributed by atoms with E-state index in [1.165, 1.54) is 71.1 Å². The number of carbonyl (C=O) groups is 1. The van der Waals surface area contributed by atoms with Crippen LogP contribution < -0.4 is 0 Å². The van der Waals surface area contributed by atoms with Crippen LogP contribution in [0.3, 0.4) is 0 Å². The Morgan fingerprint density at radius 2 is 1.48 bits per heavy atom. The zero-order valence-electron chi connectivity index (χ0n) is 16.1. The number of esters is 1. The third-order valence-corrected chi connectivity index (χ3v) is 4.47. The monoisotopic (exact) mass is 358 g/mol. The number of carbonyl (C=O) groups excluding carboxylic acids is 1. The van der Waals surface area contributed by atoms with Crippen molar-refractivity contribution >= 4 is 5.97 Å². The topological polar surface area (TPSA) is 54.0 Å². The van der Waals surface area contributed by atoms with Crippen molar-refractivity contribution in [3.8, 4) is 0 Å². The van der Waals surface area contributed by atoms with E-state index >= 15 is 0 Å². The highest BCUT2D eigenvalue weighted by Crippen LogP contribution is 2.15. The number of hydrogen-bond donors (Lipinski definition) is 0. The van der Waals surface area contributed by atoms with Gasteiger partial charge in [-0.2, -0.15) is 0 Å². The molecule has 0 aromatic rings. The summed E-state index contributed by atoms with van der Waals surface area (Å²) in [6.07, 6.45) is 16.2. The van der Waals surface area contributed by atoms with E-state index in [0.717, 1.165) is 32.5 Å². The molecule has 0 saturated carbocycles. The molecular formula is C20H38O5. The molecule has 148 valence electrons. The first-order chi connectivity index (χ1) is 12.3. The molecule has 1 atom stereocenters. The fourth-order valence-electron chi connectivity index (χ4n) is 2.96. The molecule has 1 fully saturated rings. The summed E-state index contributed by atoms with van der Waals surface area (Å²) >= 11 is 0. The molecular weight excluding hydrogens is 320 g/mol. The fourth-order valence-corrected chi connectivity index (χ4v) is 2.96. The molecule has 0 aromatic carbocycles. The first-order valence-corrected chi connectivity index (χ1v) is 10.2. The maximum atomic E-state index is 10.5. The third kappa shape index (κ3) is 15.3. The van der Waals surface area contributed by atoms with Gasteiger partial charge >= 0.3 is 5.97 Å². The van der Waals surface area contributed by atoms with Crippen molar-refractivity contribution < 1.29 is 23.7 Å². The van der Waals surface area contributed by atoms with Gasteiger partial charge in [0.1, 0.15) is 0 Å². The second kappa shape index (κ2) is 16.8. The van der Waals surface area contributed by atoms with Gasteiger partial charge < -0.3 is 18.9 Å². The molecule has 0 spiro atoms. The van der Waals surface area contributed by atoms with Crippen LogP contribution in [0.25, 0.3) is 0 Å². The van der Waals surface area contributed by atoms with Crippen LogP contribution in [0.1, 0.15) is 90.4 Å². The first-order valence-electron chi connectivity index (χ1n) is 10.2. The standard InChI is InChI=1S/C20H38O5/c1-19(21)25-18-22-15-11-8-6-4-2-3-5-7-9-12-16-23-20-14-10-13-17-24-20/h20H,2-18H2,1H3. The van der Waals surface area contributed by atoms with Gasteiger partial charge in [0.15, 0.2) is 13.1 Å². The van der Waals surface area contributed by atoms with Gasteiger partial charge in [0.05, 0.1) is 6.61 Å². The van der Waals surface area contributed by atoms with Crippen molar-refractivity contribution in [3.05, 3.63) is 0 Å². The third-order valence-electron chi connectivity index (χ3n) is 4.47. The lowest BCUT2D eigenvalue weighted by Crippen LogP contribution is -2.22. The Kier molecular flexibility index (Phi) is 15.0. The minimum Gasteiger partial charge on any atom is -0.439 e. The van der Waals surface area contributed by atoms with Gasteiger partial charge in [-0.3, -0.25) is 4.79 Å². The summed E-state index contributed by atoms with van der Waals surface area (Å²) in [5.74, 6) is -0.286. The Balaban J connectivity index is 1.67. The van der Waals surface area contributed by atoms with Crippen LogP contribution in [0.15, 0.2) is 0 Å². The van der Waals surface area contributed by atoms with E-state index in [9.17, 15) is 4.79 Å². The van der Waals surface area contributed by atoms with Gasteiger partial charge in [0.2, 0.25) is 0 Å². The van der Waals surface area contributed by atoms with Gasteiger partial charge in [0, 0.05) is 20.1 Å². The lowest BCUT2D eigenvalue weighted by molar-refractivity contribution is -0.162. The summed E-state index contributed by atoms with van der Waals surface area (Å²) in [6, 6.07) is 0. The molecule has 0 amide bonds. The summed E-state index contributed by atoms with van der Waals surface area (Å²) in [5, 5.41) is 0. The van der Waals surface area contributed by atoms with Crippen LogP contribution in [0.5, 0.6) is 0 Å². The van der Waals surface area contributed by atoms with Crippen LogP contribution >= 0.6 is 0 Å². The molecule has 1 heterocycles. The minimum absolute atomic E-state index is 0.0702. The molecule has 0 N–H and O–H groups in total. The smallest absolute Gasteiger partial charge is 0.304 e. The number of rotatable bonds is 16. The number of hydrogen-bond acceptors (Lipinski definition) is 5. The Morgan fingerprint density at radius 3 is 2.04 bits per heavy atom. The van der Waals surface area contributed by atoms with Crippen molar-refractivity contribution in [2.45, 2.75) is 96.7 Å². The fraction of sp³-hybridized carbons (Fsp3) is 0.950. The van der Waals surface area contributed by atoms with Crippen molar-refractivity contribution in [2.75, 3.05) is 26.6 Å². The van der Waals surface area contributed by atoms with Crippen LogP contribution in [-0.2, 0) is 23.7 Å². The lowest BCUT2D eigenvalue weighted by atomic mass is 10.1. The van der Waals surface area contributed by atoms with Crippen LogP contribution in [0, 0.1) is 0 Å². The normalized spacial score (nSPS) is 17.6. The first kappa shape index (κ1) is 22.4. The Morgan fingerprint density at radius 1 is 0.880 bits per heavy atom. The van der Waals surface area contributed by atoms with Gasteiger partial charge in [-0.05, 0) is 32.1 Å². The van der Waals surface area contributed by atoms with E-state index < -0.39 is 0 Å². The highest BCUT2D eigenvalue weighted by Gasteiger charge is 2.13. The molecule has 1 rings (SSSR count). The predicted molar refractivity (Wildman–Crippen MR) is 98.3 cm³/mol. The second-order valence-electron chi connectivity index (χ2n) is 6.86. The lowest BCUT2D eigenvalue weighted by Gasteiger charge is -2.22.